The summed E-state index contributed by atoms with van der Waals surface area (Å²) in [6, 6.07) is 5.74. The van der Waals surface area contributed by atoms with Gasteiger partial charge >= 0.3 is 29.6 Å². The maximum atomic E-state index is 10.7. The first-order valence-electron chi connectivity index (χ1n) is 9.79. The Morgan fingerprint density at radius 3 is 2.89 bits per heavy atom. The summed E-state index contributed by atoms with van der Waals surface area (Å²) < 4.78 is 0. The third kappa shape index (κ3) is 7.64. The monoisotopic (exact) mass is 392 g/mol. The topological polar surface area (TPSA) is 80.6 Å². The number of aliphatic carboxylic acids is 1. The third-order valence-electron chi connectivity index (χ3n) is 5.27. The number of benzene rings is 1. The summed E-state index contributed by atoms with van der Waals surface area (Å²) in [4.78, 5) is 10.6. The SMILES string of the molecule is CC#CCCC(O)/C=C/C1CCC[C@@H]1c1cccc(CCCC(=O)[O-])c1O.[Na+]. The average Bonchev–Trinajstić information content (AvgIpc) is 3.10. The molecule has 1 aliphatic rings. The molecule has 0 aliphatic heterocycles. The minimum absolute atomic E-state index is 0. The molecule has 1 aliphatic carbocycles. The van der Waals surface area contributed by atoms with Gasteiger partial charge in [-0.3, -0.25) is 0 Å². The first kappa shape index (κ1) is 24.8. The Kier molecular flexibility index (Phi) is 11.6. The molecule has 0 spiro atoms. The van der Waals surface area contributed by atoms with Gasteiger partial charge in [0.1, 0.15) is 5.75 Å². The van der Waals surface area contributed by atoms with Crippen LogP contribution in [0.1, 0.15) is 68.9 Å². The second kappa shape index (κ2) is 13.1. The summed E-state index contributed by atoms with van der Waals surface area (Å²) in [5.41, 5.74) is 1.72. The van der Waals surface area contributed by atoms with Gasteiger partial charge in [-0.15, -0.1) is 11.8 Å². The Hall–Kier alpha value is -1.25. The van der Waals surface area contributed by atoms with Crippen molar-refractivity contribution in [3.63, 3.8) is 0 Å². The first-order chi connectivity index (χ1) is 13.0. The van der Waals surface area contributed by atoms with Crippen molar-refractivity contribution in [2.75, 3.05) is 0 Å². The second-order valence-corrected chi connectivity index (χ2v) is 7.20. The van der Waals surface area contributed by atoms with Crippen molar-refractivity contribution in [3.8, 4) is 17.6 Å². The van der Waals surface area contributed by atoms with E-state index in [1.54, 1.807) is 6.92 Å². The fourth-order valence-corrected chi connectivity index (χ4v) is 3.85. The van der Waals surface area contributed by atoms with Gasteiger partial charge in [0, 0.05) is 12.4 Å². The number of aliphatic hydroxyl groups excluding tert-OH is 1. The van der Waals surface area contributed by atoms with Crippen molar-refractivity contribution in [2.24, 2.45) is 5.92 Å². The number of rotatable bonds is 9. The molecule has 2 N–H and O–H groups in total. The largest absolute Gasteiger partial charge is 1.00 e. The molecule has 0 bridgehead atoms. The van der Waals surface area contributed by atoms with Crippen LogP contribution >= 0.6 is 0 Å². The molecular formula is C23H29NaO4. The molecule has 1 saturated carbocycles. The smallest absolute Gasteiger partial charge is 0.550 e. The molecule has 5 heteroatoms. The molecule has 2 rings (SSSR count). The zero-order valence-corrected chi connectivity index (χ0v) is 19.0. The van der Waals surface area contributed by atoms with E-state index < -0.39 is 12.1 Å². The molecule has 1 aromatic carbocycles. The van der Waals surface area contributed by atoms with Gasteiger partial charge < -0.3 is 20.1 Å². The van der Waals surface area contributed by atoms with Crippen LogP contribution in [0.15, 0.2) is 30.4 Å². The van der Waals surface area contributed by atoms with Gasteiger partial charge in [-0.2, -0.15) is 0 Å². The fraction of sp³-hybridized carbons (Fsp3) is 0.522. The number of carboxylic acids is 1. The molecule has 1 aromatic rings. The number of phenolic OH excluding ortho intramolecular Hbond substituents is 1. The Bertz CT molecular complexity index is 717. The molecule has 0 saturated heterocycles. The van der Waals surface area contributed by atoms with Crippen molar-refractivity contribution in [2.45, 2.75) is 70.3 Å². The Morgan fingerprint density at radius 1 is 1.39 bits per heavy atom. The minimum atomic E-state index is -1.06. The number of hydrogen-bond acceptors (Lipinski definition) is 4. The standard InChI is InChI=1S/C23H30O4.Na/c1-2-3-4-11-19(24)16-15-17-8-5-12-20(17)21-13-6-9-18(23(21)27)10-7-14-22(25)26;/h6,9,13,15-17,19-20,24,27H,4-5,7-8,10-12,14H2,1H3,(H,25,26);/q;+1/p-1/b16-15+;/t17?,19?,20-;/m0./s1. The van der Waals surface area contributed by atoms with Gasteiger partial charge in [-0.05, 0) is 68.4 Å². The van der Waals surface area contributed by atoms with Crippen LogP contribution in [0.3, 0.4) is 0 Å². The zero-order valence-electron chi connectivity index (χ0n) is 17.0. The van der Waals surface area contributed by atoms with Crippen LogP contribution in [0.4, 0.5) is 0 Å². The Morgan fingerprint density at radius 2 is 2.18 bits per heavy atom. The van der Waals surface area contributed by atoms with E-state index in [-0.39, 0.29) is 41.9 Å². The van der Waals surface area contributed by atoms with Crippen LogP contribution in [0.25, 0.3) is 0 Å². The summed E-state index contributed by atoms with van der Waals surface area (Å²) in [5, 5.41) is 31.4. The van der Waals surface area contributed by atoms with Gasteiger partial charge in [0.25, 0.3) is 0 Å². The molecule has 0 amide bonds. The van der Waals surface area contributed by atoms with E-state index in [1.165, 1.54) is 0 Å². The van der Waals surface area contributed by atoms with Crippen LogP contribution < -0.4 is 34.7 Å². The predicted molar refractivity (Wildman–Crippen MR) is 104 cm³/mol. The molecule has 1 fully saturated rings. The summed E-state index contributed by atoms with van der Waals surface area (Å²) in [6.07, 6.45) is 8.89. The summed E-state index contributed by atoms with van der Waals surface area (Å²) in [7, 11) is 0. The molecule has 28 heavy (non-hydrogen) atoms. The van der Waals surface area contributed by atoms with Crippen molar-refractivity contribution in [3.05, 3.63) is 41.5 Å². The van der Waals surface area contributed by atoms with Crippen LogP contribution in [-0.4, -0.2) is 22.3 Å². The van der Waals surface area contributed by atoms with Gasteiger partial charge in [0.15, 0.2) is 0 Å². The van der Waals surface area contributed by atoms with Gasteiger partial charge in [0.2, 0.25) is 0 Å². The van der Waals surface area contributed by atoms with Crippen LogP contribution in [0.5, 0.6) is 5.75 Å². The van der Waals surface area contributed by atoms with E-state index in [9.17, 15) is 20.1 Å². The minimum Gasteiger partial charge on any atom is -0.550 e. The Labute approximate surface area is 190 Å². The molecule has 3 atom stereocenters. The van der Waals surface area contributed by atoms with Gasteiger partial charge in [0.05, 0.1) is 6.10 Å². The number of allylic oxidation sites excluding steroid dienone is 1. The maximum Gasteiger partial charge on any atom is 1.00 e. The third-order valence-corrected chi connectivity index (χ3v) is 5.27. The molecule has 0 radical (unpaired) electrons. The summed E-state index contributed by atoms with van der Waals surface area (Å²) in [6.45, 7) is 1.80. The zero-order chi connectivity index (χ0) is 19.6. The molecular weight excluding hydrogens is 363 g/mol. The van der Waals surface area contributed by atoms with Crippen LogP contribution in [0.2, 0.25) is 0 Å². The number of phenols is 1. The quantitative estimate of drug-likeness (QED) is 0.354. The van der Waals surface area contributed by atoms with Gasteiger partial charge in [-0.1, -0.05) is 36.8 Å². The van der Waals surface area contributed by atoms with Crippen molar-refractivity contribution >= 4 is 5.97 Å². The molecule has 0 heterocycles. The van der Waals surface area contributed by atoms with Crippen molar-refractivity contribution in [1.82, 2.24) is 0 Å². The number of aromatic hydroxyl groups is 1. The van der Waals surface area contributed by atoms with Crippen molar-refractivity contribution in [1.29, 1.82) is 0 Å². The first-order valence-corrected chi connectivity index (χ1v) is 9.79. The van der Waals surface area contributed by atoms with Gasteiger partial charge in [-0.25, -0.2) is 0 Å². The molecule has 146 valence electrons. The average molecular weight is 392 g/mol. The van der Waals surface area contributed by atoms with E-state index in [0.29, 0.717) is 37.4 Å². The number of aliphatic hydroxyl groups is 1. The van der Waals surface area contributed by atoms with Crippen LogP contribution in [0, 0.1) is 17.8 Å². The Balaban J connectivity index is 0.00000392. The number of carboxylic acid groups (broad SMARTS) is 1. The fourth-order valence-electron chi connectivity index (χ4n) is 3.85. The molecule has 2 unspecified atom stereocenters. The number of carbonyl (C=O) groups is 1. The van der Waals surface area contributed by atoms with Crippen molar-refractivity contribution < 1.29 is 49.7 Å². The summed E-state index contributed by atoms with van der Waals surface area (Å²) in [5.74, 6) is 5.54. The number of aryl methyl sites for hydroxylation is 1. The maximum absolute atomic E-state index is 10.7. The summed E-state index contributed by atoms with van der Waals surface area (Å²) >= 11 is 0. The van der Waals surface area contributed by atoms with E-state index >= 15 is 0 Å². The van der Waals surface area contributed by atoms with E-state index in [0.717, 1.165) is 30.4 Å². The molecule has 0 aromatic heterocycles. The molecule has 4 nitrogen and oxygen atoms in total. The predicted octanol–water partition coefficient (Wildman–Crippen LogP) is 0.0731. The van der Waals surface area contributed by atoms with E-state index in [4.69, 9.17) is 0 Å². The second-order valence-electron chi connectivity index (χ2n) is 7.20. The van der Waals surface area contributed by atoms with E-state index in [1.807, 2.05) is 24.3 Å². The number of carbonyl (C=O) groups excluding carboxylic acids is 1. The number of para-hydroxylation sites is 1. The van der Waals surface area contributed by atoms with Crippen LogP contribution in [-0.2, 0) is 11.2 Å². The normalized spacial score (nSPS) is 19.6. The van der Waals surface area contributed by atoms with E-state index in [2.05, 4.69) is 17.9 Å². The number of hydrogen-bond donors (Lipinski definition) is 2.